The van der Waals surface area contributed by atoms with E-state index >= 15 is 0 Å². The maximum atomic E-state index is 11.3. The van der Waals surface area contributed by atoms with Gasteiger partial charge in [-0.25, -0.2) is 0 Å². The van der Waals surface area contributed by atoms with Gasteiger partial charge in [0, 0.05) is 18.3 Å². The van der Waals surface area contributed by atoms with E-state index in [0.29, 0.717) is 6.42 Å². The zero-order valence-electron chi connectivity index (χ0n) is 10.9. The van der Waals surface area contributed by atoms with Crippen molar-refractivity contribution in [2.75, 3.05) is 26.0 Å². The molecular weight excluding hydrogens is 228 g/mol. The Morgan fingerprint density at radius 3 is 2.89 bits per heavy atom. The molecule has 0 saturated heterocycles. The summed E-state index contributed by atoms with van der Waals surface area (Å²) in [5.74, 6) is 0.0684. The highest BCUT2D eigenvalue weighted by atomic mass is 16.2. The third kappa shape index (κ3) is 2.71. The summed E-state index contributed by atoms with van der Waals surface area (Å²) < 4.78 is 0. The average Bonchev–Trinajstić information content (AvgIpc) is 2.68. The maximum Gasteiger partial charge on any atom is 0.228 e. The molecule has 0 saturated carbocycles. The first-order valence-electron chi connectivity index (χ1n) is 6.32. The van der Waals surface area contributed by atoms with Gasteiger partial charge in [-0.15, -0.1) is 0 Å². The van der Waals surface area contributed by atoms with Crippen LogP contribution < -0.4 is 5.32 Å². The molecule has 0 fully saturated rings. The molecule has 2 N–H and O–H groups in total. The molecule has 0 spiro atoms. The minimum atomic E-state index is 0.0684. The summed E-state index contributed by atoms with van der Waals surface area (Å²) in [6, 6.07) is 6.44. The van der Waals surface area contributed by atoms with Crippen LogP contribution in [0.1, 0.15) is 30.0 Å². The van der Waals surface area contributed by atoms with Gasteiger partial charge < -0.3 is 15.3 Å². The van der Waals surface area contributed by atoms with Gasteiger partial charge in [0.1, 0.15) is 0 Å². The number of fused-ring (bicyclic) bond motifs is 1. The van der Waals surface area contributed by atoms with Gasteiger partial charge in [0.25, 0.3) is 0 Å². The number of aliphatic hydroxyl groups is 1. The zero-order chi connectivity index (χ0) is 13.1. The van der Waals surface area contributed by atoms with Crippen molar-refractivity contribution in [1.29, 1.82) is 0 Å². The van der Waals surface area contributed by atoms with Crippen LogP contribution in [-0.4, -0.2) is 36.6 Å². The van der Waals surface area contributed by atoms with E-state index in [1.54, 1.807) is 0 Å². The van der Waals surface area contributed by atoms with Gasteiger partial charge in [-0.1, -0.05) is 12.1 Å². The van der Waals surface area contributed by atoms with Gasteiger partial charge in [0.2, 0.25) is 5.91 Å². The molecule has 0 aliphatic carbocycles. The van der Waals surface area contributed by atoms with Crippen molar-refractivity contribution in [3.05, 3.63) is 29.3 Å². The van der Waals surface area contributed by atoms with Gasteiger partial charge >= 0.3 is 0 Å². The van der Waals surface area contributed by atoms with E-state index in [1.807, 2.05) is 20.2 Å². The molecule has 0 aromatic heterocycles. The summed E-state index contributed by atoms with van der Waals surface area (Å²) >= 11 is 0. The van der Waals surface area contributed by atoms with Gasteiger partial charge in [0.05, 0.1) is 6.42 Å². The number of hydrogen-bond donors (Lipinski definition) is 2. The minimum absolute atomic E-state index is 0.0684. The minimum Gasteiger partial charge on any atom is -0.396 e. The standard InChI is InChI=1S/C14H20N2O2/c1-16(2)13(4-3-7-17)10-5-6-12-11(8-10)9-14(18)15-12/h5-6,8,13,17H,3-4,7,9H2,1-2H3,(H,15,18). The van der Waals surface area contributed by atoms with E-state index < -0.39 is 0 Å². The Bertz CT molecular complexity index is 443. The first kappa shape index (κ1) is 13.1. The van der Waals surface area contributed by atoms with Crippen molar-refractivity contribution in [3.63, 3.8) is 0 Å². The number of benzene rings is 1. The van der Waals surface area contributed by atoms with Crippen molar-refractivity contribution in [1.82, 2.24) is 4.90 Å². The smallest absolute Gasteiger partial charge is 0.228 e. The highest BCUT2D eigenvalue weighted by Gasteiger charge is 2.20. The fraction of sp³-hybridized carbons (Fsp3) is 0.500. The van der Waals surface area contributed by atoms with E-state index in [2.05, 4.69) is 22.3 Å². The average molecular weight is 248 g/mol. The topological polar surface area (TPSA) is 52.6 Å². The van der Waals surface area contributed by atoms with E-state index in [0.717, 1.165) is 24.1 Å². The van der Waals surface area contributed by atoms with Gasteiger partial charge in [0.15, 0.2) is 0 Å². The van der Waals surface area contributed by atoms with Crippen molar-refractivity contribution in [2.45, 2.75) is 25.3 Å². The predicted octanol–water partition coefficient (Wildman–Crippen LogP) is 1.56. The quantitative estimate of drug-likeness (QED) is 0.831. The Hall–Kier alpha value is -1.39. The van der Waals surface area contributed by atoms with Gasteiger partial charge in [-0.3, -0.25) is 4.79 Å². The van der Waals surface area contributed by atoms with Crippen molar-refractivity contribution < 1.29 is 9.90 Å². The second-order valence-electron chi connectivity index (χ2n) is 4.99. The number of aliphatic hydroxyl groups excluding tert-OH is 1. The lowest BCUT2D eigenvalue weighted by molar-refractivity contribution is -0.115. The van der Waals surface area contributed by atoms with E-state index in [-0.39, 0.29) is 18.6 Å². The molecule has 1 heterocycles. The first-order valence-corrected chi connectivity index (χ1v) is 6.32. The normalized spacial score (nSPS) is 15.7. The Labute approximate surface area is 108 Å². The summed E-state index contributed by atoms with van der Waals surface area (Å²) in [7, 11) is 4.08. The number of carbonyl (C=O) groups excluding carboxylic acids is 1. The molecule has 1 aromatic carbocycles. The second kappa shape index (κ2) is 5.50. The van der Waals surface area contributed by atoms with Crippen LogP contribution in [0.3, 0.4) is 0 Å². The van der Waals surface area contributed by atoms with Crippen molar-refractivity contribution in [3.8, 4) is 0 Å². The molecular formula is C14H20N2O2. The highest BCUT2D eigenvalue weighted by Crippen LogP contribution is 2.30. The number of rotatable bonds is 5. The van der Waals surface area contributed by atoms with Crippen LogP contribution in [-0.2, 0) is 11.2 Å². The highest BCUT2D eigenvalue weighted by molar-refractivity contribution is 5.99. The third-order valence-corrected chi connectivity index (χ3v) is 3.40. The SMILES string of the molecule is CN(C)C(CCCO)c1ccc2c(c1)CC(=O)N2. The summed E-state index contributed by atoms with van der Waals surface area (Å²) in [6.07, 6.45) is 2.18. The third-order valence-electron chi connectivity index (χ3n) is 3.40. The van der Waals surface area contributed by atoms with Crippen LogP contribution in [0.2, 0.25) is 0 Å². The van der Waals surface area contributed by atoms with Crippen LogP contribution in [0.5, 0.6) is 0 Å². The van der Waals surface area contributed by atoms with Crippen LogP contribution in [0.4, 0.5) is 5.69 Å². The van der Waals surface area contributed by atoms with Crippen molar-refractivity contribution >= 4 is 11.6 Å². The van der Waals surface area contributed by atoms with Gasteiger partial charge in [-0.05, 0) is 44.1 Å². The predicted molar refractivity (Wildman–Crippen MR) is 71.5 cm³/mol. The first-order chi connectivity index (χ1) is 8.61. The molecule has 1 aliphatic heterocycles. The summed E-state index contributed by atoms with van der Waals surface area (Å²) in [6.45, 7) is 0.218. The Kier molecular flexibility index (Phi) is 3.99. The molecule has 0 bridgehead atoms. The molecule has 4 heteroatoms. The molecule has 1 aromatic rings. The summed E-state index contributed by atoms with van der Waals surface area (Å²) in [5.41, 5.74) is 3.22. The largest absolute Gasteiger partial charge is 0.396 e. The number of amides is 1. The summed E-state index contributed by atoms with van der Waals surface area (Å²) in [5, 5.41) is 11.8. The Balaban J connectivity index is 2.21. The zero-order valence-corrected chi connectivity index (χ0v) is 10.9. The van der Waals surface area contributed by atoms with Crippen LogP contribution in [0.15, 0.2) is 18.2 Å². The molecule has 0 radical (unpaired) electrons. The lowest BCUT2D eigenvalue weighted by Gasteiger charge is -2.25. The molecule has 2 rings (SSSR count). The molecule has 1 atom stereocenters. The van der Waals surface area contributed by atoms with Gasteiger partial charge in [-0.2, -0.15) is 0 Å². The Morgan fingerprint density at radius 2 is 2.22 bits per heavy atom. The molecule has 1 aliphatic rings. The van der Waals surface area contributed by atoms with E-state index in [9.17, 15) is 4.79 Å². The number of nitrogens with zero attached hydrogens (tertiary/aromatic N) is 1. The molecule has 98 valence electrons. The van der Waals surface area contributed by atoms with E-state index in [4.69, 9.17) is 5.11 Å². The number of nitrogens with one attached hydrogen (secondary N) is 1. The summed E-state index contributed by atoms with van der Waals surface area (Å²) in [4.78, 5) is 13.5. The number of hydrogen-bond acceptors (Lipinski definition) is 3. The monoisotopic (exact) mass is 248 g/mol. The van der Waals surface area contributed by atoms with Crippen molar-refractivity contribution in [2.24, 2.45) is 0 Å². The maximum absolute atomic E-state index is 11.3. The second-order valence-corrected chi connectivity index (χ2v) is 4.99. The van der Waals surface area contributed by atoms with E-state index in [1.165, 1.54) is 5.56 Å². The lowest BCUT2D eigenvalue weighted by atomic mass is 9.98. The van der Waals surface area contributed by atoms with Crippen LogP contribution in [0.25, 0.3) is 0 Å². The Morgan fingerprint density at radius 1 is 1.44 bits per heavy atom. The fourth-order valence-corrected chi connectivity index (χ4v) is 2.46. The molecule has 1 amide bonds. The molecule has 18 heavy (non-hydrogen) atoms. The fourth-order valence-electron chi connectivity index (χ4n) is 2.46. The lowest BCUT2D eigenvalue weighted by Crippen LogP contribution is -2.20. The number of anilines is 1. The van der Waals surface area contributed by atoms with Crippen LogP contribution >= 0.6 is 0 Å². The van der Waals surface area contributed by atoms with Crippen LogP contribution in [0, 0.1) is 0 Å². The number of carbonyl (C=O) groups is 1. The molecule has 4 nitrogen and oxygen atoms in total. The molecule has 1 unspecified atom stereocenters.